The van der Waals surface area contributed by atoms with E-state index in [0.29, 0.717) is 42.7 Å². The molecule has 0 saturated heterocycles. The normalized spacial score (nSPS) is 17.1. The van der Waals surface area contributed by atoms with E-state index in [1.165, 1.54) is 12.0 Å². The van der Waals surface area contributed by atoms with Gasteiger partial charge >= 0.3 is 0 Å². The van der Waals surface area contributed by atoms with Crippen LogP contribution >= 0.6 is 0 Å². The zero-order chi connectivity index (χ0) is 22.6. The van der Waals surface area contributed by atoms with Crippen molar-refractivity contribution in [2.45, 2.75) is 37.9 Å². The van der Waals surface area contributed by atoms with Crippen molar-refractivity contribution in [1.82, 2.24) is 20.3 Å². The Morgan fingerprint density at radius 2 is 1.76 bits per heavy atom. The van der Waals surface area contributed by atoms with Crippen LogP contribution in [0.5, 0.6) is 0 Å². The first kappa shape index (κ1) is 21.1. The lowest BCUT2D eigenvalue weighted by Crippen LogP contribution is -2.17. The lowest BCUT2D eigenvalue weighted by molar-refractivity contribution is 0.0993. The Balaban J connectivity index is 1.12. The Hall–Kier alpha value is -3.77. The van der Waals surface area contributed by atoms with Gasteiger partial charge in [0, 0.05) is 36.2 Å². The maximum absolute atomic E-state index is 12.6. The fourth-order valence-electron chi connectivity index (χ4n) is 4.18. The van der Waals surface area contributed by atoms with Gasteiger partial charge in [-0.25, -0.2) is 4.68 Å². The van der Waals surface area contributed by atoms with Gasteiger partial charge in [-0.1, -0.05) is 78.0 Å². The summed E-state index contributed by atoms with van der Waals surface area (Å²) in [6.07, 6.45) is 3.45. The van der Waals surface area contributed by atoms with Crippen molar-refractivity contribution in [3.05, 3.63) is 113 Å². The molecule has 0 spiro atoms. The first-order chi connectivity index (χ1) is 16.2. The zero-order valence-electron chi connectivity index (χ0n) is 18.4. The number of aromatic nitrogens is 3. The number of anilines is 1. The summed E-state index contributed by atoms with van der Waals surface area (Å²) < 4.78 is 1.83. The summed E-state index contributed by atoms with van der Waals surface area (Å²) in [5.41, 5.74) is 11.6. The van der Waals surface area contributed by atoms with E-state index in [2.05, 4.69) is 46.0 Å². The zero-order valence-corrected chi connectivity index (χ0v) is 18.4. The number of hydrogen-bond donors (Lipinski definition) is 2. The minimum atomic E-state index is 0.0578. The number of nitrogens with zero attached hydrogens (tertiary/aromatic N) is 3. The number of benzene rings is 3. The van der Waals surface area contributed by atoms with Crippen molar-refractivity contribution in [3.8, 4) is 0 Å². The molecule has 5 rings (SSSR count). The second kappa shape index (κ2) is 9.38. The van der Waals surface area contributed by atoms with Crippen molar-refractivity contribution in [2.24, 2.45) is 0 Å². The second-order valence-corrected chi connectivity index (χ2v) is 8.64. The molecule has 0 amide bonds. The number of hydrogen-bond acceptors (Lipinski definition) is 5. The average molecular weight is 438 g/mol. The number of nitrogens with two attached hydrogens (primary N) is 1. The highest BCUT2D eigenvalue weighted by Gasteiger charge is 2.37. The number of ketones is 1. The smallest absolute Gasteiger partial charge is 0.167 e. The fraction of sp³-hybridized carbons (Fsp3) is 0.222. The van der Waals surface area contributed by atoms with Crippen molar-refractivity contribution >= 4 is 11.5 Å². The maximum Gasteiger partial charge on any atom is 0.167 e. The number of para-hydroxylation sites is 1. The molecule has 0 bridgehead atoms. The molecule has 2 unspecified atom stereocenters. The van der Waals surface area contributed by atoms with Crippen LogP contribution in [0.25, 0.3) is 0 Å². The van der Waals surface area contributed by atoms with Gasteiger partial charge in [0.2, 0.25) is 0 Å². The van der Waals surface area contributed by atoms with Crippen LogP contribution in [0.1, 0.15) is 45.1 Å². The number of Topliss-reactive ketones (excluding diaryl/α,β-unsaturated/α-hetero) is 1. The minimum Gasteiger partial charge on any atom is -0.398 e. The quantitative estimate of drug-likeness (QED) is 0.306. The van der Waals surface area contributed by atoms with E-state index in [1.807, 2.05) is 59.4 Å². The van der Waals surface area contributed by atoms with E-state index in [1.54, 1.807) is 0 Å². The third kappa shape index (κ3) is 5.18. The molecule has 1 aliphatic carbocycles. The highest BCUT2D eigenvalue weighted by Crippen LogP contribution is 2.40. The van der Waals surface area contributed by atoms with E-state index in [4.69, 9.17) is 5.73 Å². The van der Waals surface area contributed by atoms with Crippen molar-refractivity contribution in [3.63, 3.8) is 0 Å². The standard InChI is InChI=1S/C27H27N5O/c28-25-9-5-4-8-22(25)14-27(33)21-12-10-19(11-13-21)17-32-18-23(30-31-32)16-29-26-15-24(26)20-6-2-1-3-7-20/h1-13,18,24,26,29H,14-17,28H2. The van der Waals surface area contributed by atoms with Crippen LogP contribution in [0.3, 0.4) is 0 Å². The molecule has 1 heterocycles. The van der Waals surface area contributed by atoms with Crippen LogP contribution in [-0.2, 0) is 19.5 Å². The van der Waals surface area contributed by atoms with Gasteiger partial charge in [-0.2, -0.15) is 0 Å². The highest BCUT2D eigenvalue weighted by atomic mass is 16.1. The summed E-state index contributed by atoms with van der Waals surface area (Å²) in [5.74, 6) is 0.656. The van der Waals surface area contributed by atoms with Gasteiger partial charge in [-0.05, 0) is 29.2 Å². The summed E-state index contributed by atoms with van der Waals surface area (Å²) in [6, 6.07) is 26.3. The molecule has 33 heavy (non-hydrogen) atoms. The molecular weight excluding hydrogens is 410 g/mol. The molecule has 6 nitrogen and oxygen atoms in total. The topological polar surface area (TPSA) is 85.8 Å². The molecule has 0 radical (unpaired) electrons. The molecule has 4 aromatic rings. The number of carbonyl (C=O) groups excluding carboxylic acids is 1. The first-order valence-electron chi connectivity index (χ1n) is 11.3. The van der Waals surface area contributed by atoms with Crippen molar-refractivity contribution < 1.29 is 4.79 Å². The van der Waals surface area contributed by atoms with E-state index >= 15 is 0 Å². The Morgan fingerprint density at radius 3 is 2.55 bits per heavy atom. The number of rotatable bonds is 9. The third-order valence-electron chi connectivity index (χ3n) is 6.18. The number of nitrogens with one attached hydrogen (secondary N) is 1. The van der Waals surface area contributed by atoms with Crippen LogP contribution < -0.4 is 11.1 Å². The molecule has 3 aromatic carbocycles. The molecule has 1 aromatic heterocycles. The Kier molecular flexibility index (Phi) is 6.00. The van der Waals surface area contributed by atoms with Crippen LogP contribution in [0, 0.1) is 0 Å². The van der Waals surface area contributed by atoms with Gasteiger partial charge in [-0.15, -0.1) is 5.10 Å². The summed E-state index contributed by atoms with van der Waals surface area (Å²) >= 11 is 0. The van der Waals surface area contributed by atoms with Gasteiger partial charge in [-0.3, -0.25) is 4.79 Å². The number of nitrogen functional groups attached to an aromatic ring is 1. The van der Waals surface area contributed by atoms with Gasteiger partial charge in [0.25, 0.3) is 0 Å². The van der Waals surface area contributed by atoms with E-state index in [0.717, 1.165) is 16.8 Å². The predicted molar refractivity (Wildman–Crippen MR) is 129 cm³/mol. The Labute approximate surface area is 193 Å². The summed E-state index contributed by atoms with van der Waals surface area (Å²) in [6.45, 7) is 1.33. The highest BCUT2D eigenvalue weighted by molar-refractivity contribution is 5.98. The molecule has 1 saturated carbocycles. The fourth-order valence-corrected chi connectivity index (χ4v) is 4.18. The van der Waals surface area contributed by atoms with E-state index < -0.39 is 0 Å². The predicted octanol–water partition coefficient (Wildman–Crippen LogP) is 3.98. The van der Waals surface area contributed by atoms with Gasteiger partial charge in [0.1, 0.15) is 0 Å². The number of carbonyl (C=O) groups is 1. The second-order valence-electron chi connectivity index (χ2n) is 8.64. The van der Waals surface area contributed by atoms with E-state index in [-0.39, 0.29) is 5.78 Å². The molecule has 1 fully saturated rings. The Morgan fingerprint density at radius 1 is 1.00 bits per heavy atom. The van der Waals surface area contributed by atoms with E-state index in [9.17, 15) is 4.79 Å². The molecule has 6 heteroatoms. The molecule has 1 aliphatic rings. The van der Waals surface area contributed by atoms with Crippen molar-refractivity contribution in [1.29, 1.82) is 0 Å². The molecular formula is C27H27N5O. The van der Waals surface area contributed by atoms with Gasteiger partial charge < -0.3 is 11.1 Å². The Bertz CT molecular complexity index is 1230. The first-order valence-corrected chi connectivity index (χ1v) is 11.3. The van der Waals surface area contributed by atoms with Crippen molar-refractivity contribution in [2.75, 3.05) is 5.73 Å². The molecule has 0 aliphatic heterocycles. The monoisotopic (exact) mass is 437 g/mol. The van der Waals surface area contributed by atoms with Crippen LogP contribution in [-0.4, -0.2) is 26.8 Å². The third-order valence-corrected chi connectivity index (χ3v) is 6.18. The largest absolute Gasteiger partial charge is 0.398 e. The summed E-state index contributed by atoms with van der Waals surface area (Å²) in [7, 11) is 0. The average Bonchev–Trinajstić information content (AvgIpc) is 3.50. The molecule has 166 valence electrons. The van der Waals surface area contributed by atoms with Crippen LogP contribution in [0.4, 0.5) is 5.69 Å². The minimum absolute atomic E-state index is 0.0578. The maximum atomic E-state index is 12.6. The van der Waals surface area contributed by atoms with Gasteiger partial charge in [0.15, 0.2) is 5.78 Å². The van der Waals surface area contributed by atoms with Gasteiger partial charge in [0.05, 0.1) is 18.4 Å². The molecule has 3 N–H and O–H groups in total. The summed E-state index contributed by atoms with van der Waals surface area (Å²) in [4.78, 5) is 12.6. The van der Waals surface area contributed by atoms with Crippen LogP contribution in [0.2, 0.25) is 0 Å². The lowest BCUT2D eigenvalue weighted by atomic mass is 10.0. The SMILES string of the molecule is Nc1ccccc1CC(=O)c1ccc(Cn2cc(CNC3CC3c3ccccc3)nn2)cc1. The summed E-state index contributed by atoms with van der Waals surface area (Å²) in [5, 5.41) is 12.1. The lowest BCUT2D eigenvalue weighted by Gasteiger charge is -2.06. The van der Waals surface area contributed by atoms with Crippen LogP contribution in [0.15, 0.2) is 85.1 Å². The molecule has 2 atom stereocenters.